The van der Waals surface area contributed by atoms with Crippen molar-refractivity contribution in [1.82, 2.24) is 4.90 Å². The maximum Gasteiger partial charge on any atom is 0.223 e. The molecular formula is C17H26ClNO2. The van der Waals surface area contributed by atoms with Gasteiger partial charge < -0.3 is 10.0 Å². The minimum atomic E-state index is -0.660. The molecule has 0 bridgehead atoms. The summed E-state index contributed by atoms with van der Waals surface area (Å²) in [5.74, 6) is -0.0563. The molecule has 1 amide bonds. The second kappa shape index (κ2) is 7.81. The lowest BCUT2D eigenvalue weighted by Crippen LogP contribution is -2.42. The van der Waals surface area contributed by atoms with E-state index in [-0.39, 0.29) is 23.9 Å². The Hall–Kier alpha value is -1.06. The molecule has 1 aromatic carbocycles. The molecule has 0 heterocycles. The van der Waals surface area contributed by atoms with Gasteiger partial charge in [0.2, 0.25) is 5.91 Å². The molecule has 118 valence electrons. The molecule has 1 rings (SSSR count). The van der Waals surface area contributed by atoms with Gasteiger partial charge in [-0.2, -0.15) is 0 Å². The summed E-state index contributed by atoms with van der Waals surface area (Å²) in [6.45, 7) is 9.95. The maximum atomic E-state index is 12.4. The Balaban J connectivity index is 2.73. The predicted molar refractivity (Wildman–Crippen MR) is 87.3 cm³/mol. The minimum absolute atomic E-state index is 0.0838. The molecule has 0 radical (unpaired) electrons. The quantitative estimate of drug-likeness (QED) is 0.861. The SMILES string of the molecule is CC(C)N(C(=O)C[C@H](C)[C@@H](O)c1ccc(Cl)cc1)C(C)C. The summed E-state index contributed by atoms with van der Waals surface area (Å²) >= 11 is 5.85. The highest BCUT2D eigenvalue weighted by Crippen LogP contribution is 2.26. The maximum absolute atomic E-state index is 12.4. The molecule has 1 aromatic rings. The van der Waals surface area contributed by atoms with Crippen LogP contribution in [0.5, 0.6) is 0 Å². The highest BCUT2D eigenvalue weighted by molar-refractivity contribution is 6.30. The monoisotopic (exact) mass is 311 g/mol. The van der Waals surface area contributed by atoms with Gasteiger partial charge in [-0.1, -0.05) is 30.7 Å². The van der Waals surface area contributed by atoms with Crippen LogP contribution in [0.3, 0.4) is 0 Å². The lowest BCUT2D eigenvalue weighted by atomic mass is 9.93. The standard InChI is InChI=1S/C17H26ClNO2/c1-11(2)19(12(3)4)16(20)10-13(5)17(21)14-6-8-15(18)9-7-14/h6-9,11-13,17,21H,10H2,1-5H3/t13-,17+/m0/s1. The number of aliphatic hydroxyl groups is 1. The van der Waals surface area contributed by atoms with E-state index < -0.39 is 6.10 Å². The van der Waals surface area contributed by atoms with Crippen molar-refractivity contribution in [3.8, 4) is 0 Å². The van der Waals surface area contributed by atoms with E-state index in [1.165, 1.54) is 0 Å². The summed E-state index contributed by atoms with van der Waals surface area (Å²) in [6.07, 6.45) is -0.326. The number of halogens is 1. The van der Waals surface area contributed by atoms with E-state index in [0.717, 1.165) is 5.56 Å². The van der Waals surface area contributed by atoms with Crippen molar-refractivity contribution in [3.05, 3.63) is 34.9 Å². The van der Waals surface area contributed by atoms with E-state index in [1.807, 2.05) is 39.5 Å². The Kier molecular flexibility index (Phi) is 6.69. The van der Waals surface area contributed by atoms with Gasteiger partial charge in [-0.3, -0.25) is 4.79 Å². The van der Waals surface area contributed by atoms with E-state index in [2.05, 4.69) is 0 Å². The van der Waals surface area contributed by atoms with Crippen LogP contribution in [0.1, 0.15) is 52.7 Å². The third-order valence-corrected chi connectivity index (χ3v) is 3.90. The number of aliphatic hydroxyl groups excluding tert-OH is 1. The Morgan fingerprint density at radius 2 is 1.57 bits per heavy atom. The zero-order chi connectivity index (χ0) is 16.2. The number of rotatable bonds is 6. The molecule has 0 aromatic heterocycles. The lowest BCUT2D eigenvalue weighted by molar-refractivity contribution is -0.136. The highest BCUT2D eigenvalue weighted by Gasteiger charge is 2.25. The van der Waals surface area contributed by atoms with Gasteiger partial charge in [0.15, 0.2) is 0 Å². The van der Waals surface area contributed by atoms with Gasteiger partial charge >= 0.3 is 0 Å². The Morgan fingerprint density at radius 3 is 2.00 bits per heavy atom. The molecule has 0 unspecified atom stereocenters. The molecule has 3 nitrogen and oxygen atoms in total. The Labute approximate surface area is 132 Å². The van der Waals surface area contributed by atoms with Gasteiger partial charge in [-0.25, -0.2) is 0 Å². The number of carbonyl (C=O) groups excluding carboxylic acids is 1. The average Bonchev–Trinajstić information content (AvgIpc) is 2.37. The van der Waals surface area contributed by atoms with Crippen LogP contribution in [0.25, 0.3) is 0 Å². The second-order valence-corrected chi connectivity index (χ2v) is 6.60. The molecular weight excluding hydrogens is 286 g/mol. The van der Waals surface area contributed by atoms with Crippen molar-refractivity contribution < 1.29 is 9.90 Å². The summed E-state index contributed by atoms with van der Waals surface area (Å²) in [5, 5.41) is 11.0. The van der Waals surface area contributed by atoms with Crippen molar-refractivity contribution in [3.63, 3.8) is 0 Å². The van der Waals surface area contributed by atoms with E-state index >= 15 is 0 Å². The van der Waals surface area contributed by atoms with Gasteiger partial charge in [0, 0.05) is 23.5 Å². The fraction of sp³-hybridized carbons (Fsp3) is 0.588. The summed E-state index contributed by atoms with van der Waals surface area (Å²) < 4.78 is 0. The van der Waals surface area contributed by atoms with Crippen LogP contribution >= 0.6 is 11.6 Å². The van der Waals surface area contributed by atoms with Crippen molar-refractivity contribution >= 4 is 17.5 Å². The molecule has 21 heavy (non-hydrogen) atoms. The third-order valence-electron chi connectivity index (χ3n) is 3.65. The summed E-state index contributed by atoms with van der Waals surface area (Å²) in [5.41, 5.74) is 0.792. The van der Waals surface area contributed by atoms with Crippen LogP contribution in [-0.4, -0.2) is 28.0 Å². The molecule has 4 heteroatoms. The zero-order valence-electron chi connectivity index (χ0n) is 13.5. The molecule has 1 N–H and O–H groups in total. The first-order valence-electron chi connectivity index (χ1n) is 7.48. The van der Waals surface area contributed by atoms with Crippen LogP contribution in [0.4, 0.5) is 0 Å². The average molecular weight is 312 g/mol. The van der Waals surface area contributed by atoms with Gasteiger partial charge in [-0.05, 0) is 51.3 Å². The van der Waals surface area contributed by atoms with Crippen LogP contribution in [0, 0.1) is 5.92 Å². The van der Waals surface area contributed by atoms with E-state index in [4.69, 9.17) is 11.6 Å². The molecule has 0 aliphatic carbocycles. The number of benzene rings is 1. The molecule has 0 saturated carbocycles. The number of carbonyl (C=O) groups is 1. The van der Waals surface area contributed by atoms with Crippen LogP contribution in [0.2, 0.25) is 5.02 Å². The fourth-order valence-corrected chi connectivity index (χ4v) is 2.78. The molecule has 2 atom stereocenters. The number of amides is 1. The number of hydrogen-bond acceptors (Lipinski definition) is 2. The fourth-order valence-electron chi connectivity index (χ4n) is 2.65. The van der Waals surface area contributed by atoms with Gasteiger partial charge in [0.1, 0.15) is 0 Å². The van der Waals surface area contributed by atoms with Crippen molar-refractivity contribution in [2.75, 3.05) is 0 Å². The smallest absolute Gasteiger partial charge is 0.223 e. The summed E-state index contributed by atoms with van der Waals surface area (Å²) in [4.78, 5) is 14.3. The largest absolute Gasteiger partial charge is 0.388 e. The molecule has 0 aliphatic heterocycles. The van der Waals surface area contributed by atoms with E-state index in [0.29, 0.717) is 11.4 Å². The first-order chi connectivity index (χ1) is 9.73. The first kappa shape index (κ1) is 18.0. The van der Waals surface area contributed by atoms with Gasteiger partial charge in [0.05, 0.1) is 6.10 Å². The van der Waals surface area contributed by atoms with E-state index in [9.17, 15) is 9.90 Å². The van der Waals surface area contributed by atoms with Crippen molar-refractivity contribution in [2.24, 2.45) is 5.92 Å². The van der Waals surface area contributed by atoms with Gasteiger partial charge in [-0.15, -0.1) is 0 Å². The van der Waals surface area contributed by atoms with Crippen LogP contribution in [0.15, 0.2) is 24.3 Å². The zero-order valence-corrected chi connectivity index (χ0v) is 14.3. The van der Waals surface area contributed by atoms with Crippen LogP contribution in [-0.2, 0) is 4.79 Å². The number of hydrogen-bond donors (Lipinski definition) is 1. The van der Waals surface area contributed by atoms with Crippen LogP contribution < -0.4 is 0 Å². The van der Waals surface area contributed by atoms with E-state index in [1.54, 1.807) is 24.3 Å². The first-order valence-corrected chi connectivity index (χ1v) is 7.86. The Bertz CT molecular complexity index is 448. The predicted octanol–water partition coefficient (Wildman–Crippen LogP) is 4.05. The summed E-state index contributed by atoms with van der Waals surface area (Å²) in [6, 6.07) is 7.44. The third kappa shape index (κ3) is 5.01. The molecule has 0 saturated heterocycles. The number of nitrogens with zero attached hydrogens (tertiary/aromatic N) is 1. The summed E-state index contributed by atoms with van der Waals surface area (Å²) in [7, 11) is 0. The topological polar surface area (TPSA) is 40.5 Å². The Morgan fingerprint density at radius 1 is 1.10 bits per heavy atom. The lowest BCUT2D eigenvalue weighted by Gasteiger charge is -2.32. The van der Waals surface area contributed by atoms with Crippen molar-refractivity contribution in [2.45, 2.75) is 59.2 Å². The van der Waals surface area contributed by atoms with Gasteiger partial charge in [0.25, 0.3) is 0 Å². The normalized spacial score (nSPS) is 14.3. The highest BCUT2D eigenvalue weighted by atomic mass is 35.5. The molecule has 0 fully saturated rings. The molecule has 0 spiro atoms. The minimum Gasteiger partial charge on any atom is -0.388 e. The van der Waals surface area contributed by atoms with Crippen molar-refractivity contribution in [1.29, 1.82) is 0 Å². The molecule has 0 aliphatic rings. The second-order valence-electron chi connectivity index (χ2n) is 6.17.